The molecule has 6 heteroatoms. The van der Waals surface area contributed by atoms with Gasteiger partial charge in [0.25, 0.3) is 0 Å². The van der Waals surface area contributed by atoms with Crippen molar-refractivity contribution < 1.29 is 19.9 Å². The van der Waals surface area contributed by atoms with Gasteiger partial charge in [0.1, 0.15) is 11.5 Å². The largest absolute Gasteiger partial charge is 0.494 e. The topological polar surface area (TPSA) is 83.6 Å². The van der Waals surface area contributed by atoms with Gasteiger partial charge in [0.05, 0.1) is 24.6 Å². The van der Waals surface area contributed by atoms with Gasteiger partial charge in [-0.2, -0.15) is 0 Å². The maximum absolute atomic E-state index is 9.49. The van der Waals surface area contributed by atoms with Crippen molar-refractivity contribution in [1.29, 1.82) is 0 Å². The van der Waals surface area contributed by atoms with E-state index in [4.69, 9.17) is 9.47 Å². The molecule has 0 heterocycles. The summed E-state index contributed by atoms with van der Waals surface area (Å²) < 4.78 is 11.5. The average molecular weight is 455 g/mol. The first-order valence-electron chi connectivity index (χ1n) is 11.8. The molecule has 0 aliphatic heterocycles. The van der Waals surface area contributed by atoms with E-state index in [1.54, 1.807) is 0 Å². The highest BCUT2D eigenvalue weighted by molar-refractivity contribution is 6.02. The Balaban J connectivity index is 1.85. The van der Waals surface area contributed by atoms with Crippen LogP contribution in [0.3, 0.4) is 0 Å². The van der Waals surface area contributed by atoms with Gasteiger partial charge >= 0.3 is 0 Å². The fourth-order valence-electron chi connectivity index (χ4n) is 3.24. The zero-order chi connectivity index (χ0) is 24.1. The van der Waals surface area contributed by atoms with Crippen LogP contribution in [0.4, 0.5) is 0 Å². The standard InChI is InChI=1S/C27H38N2O4/c1-20(2)16-18-32-24-12-8-22(9-13-24)26(28-30)6-5-7-27(29-31)23-10-14-25(15-11-23)33-19-17-21(3)4/h8-15,20-21,30-31H,5-7,16-19H2,1-4H3/b28-26-,29-27+. The molecule has 0 spiro atoms. The minimum atomic E-state index is 0.555. The Hall–Kier alpha value is -3.02. The molecule has 2 N–H and O–H groups in total. The molecule has 0 saturated heterocycles. The monoisotopic (exact) mass is 454 g/mol. The van der Waals surface area contributed by atoms with Crippen molar-refractivity contribution in [2.24, 2.45) is 22.1 Å². The van der Waals surface area contributed by atoms with E-state index in [-0.39, 0.29) is 0 Å². The van der Waals surface area contributed by atoms with E-state index in [2.05, 4.69) is 38.0 Å². The van der Waals surface area contributed by atoms with Crippen molar-refractivity contribution in [2.75, 3.05) is 13.2 Å². The average Bonchev–Trinajstić information content (AvgIpc) is 2.80. The summed E-state index contributed by atoms with van der Waals surface area (Å²) in [6.07, 6.45) is 3.80. The fraction of sp³-hybridized carbons (Fsp3) is 0.481. The Labute approximate surface area is 197 Å². The quantitative estimate of drug-likeness (QED) is 0.188. The minimum Gasteiger partial charge on any atom is -0.494 e. The maximum atomic E-state index is 9.49. The molecule has 2 rings (SSSR count). The van der Waals surface area contributed by atoms with Crippen LogP contribution in [0.1, 0.15) is 70.9 Å². The Morgan fingerprint density at radius 2 is 1.03 bits per heavy atom. The SMILES string of the molecule is CC(C)CCOc1ccc(/C(CCC/C(=N\O)c2ccc(OCCC(C)C)cc2)=N\O)cc1. The smallest absolute Gasteiger partial charge is 0.119 e. The number of rotatable bonds is 14. The lowest BCUT2D eigenvalue weighted by molar-refractivity contribution is 0.289. The third-order valence-corrected chi connectivity index (χ3v) is 5.37. The second-order valence-corrected chi connectivity index (χ2v) is 9.06. The highest BCUT2D eigenvalue weighted by Gasteiger charge is 2.10. The van der Waals surface area contributed by atoms with E-state index in [1.165, 1.54) is 0 Å². The summed E-state index contributed by atoms with van der Waals surface area (Å²) in [7, 11) is 0. The van der Waals surface area contributed by atoms with Crippen molar-refractivity contribution >= 4 is 11.4 Å². The molecule has 2 aromatic rings. The van der Waals surface area contributed by atoms with Gasteiger partial charge in [-0.3, -0.25) is 0 Å². The van der Waals surface area contributed by atoms with Crippen molar-refractivity contribution in [1.82, 2.24) is 0 Å². The van der Waals surface area contributed by atoms with Crippen molar-refractivity contribution in [3.05, 3.63) is 59.7 Å². The van der Waals surface area contributed by atoms with E-state index in [1.807, 2.05) is 48.5 Å². The molecular weight excluding hydrogens is 416 g/mol. The Kier molecular flexibility index (Phi) is 11.3. The van der Waals surface area contributed by atoms with Crippen molar-refractivity contribution in [3.63, 3.8) is 0 Å². The number of nitrogens with zero attached hydrogens (tertiary/aromatic N) is 2. The summed E-state index contributed by atoms with van der Waals surface area (Å²) in [5.74, 6) is 2.82. The van der Waals surface area contributed by atoms with Crippen LogP contribution in [0.2, 0.25) is 0 Å². The van der Waals surface area contributed by atoms with Gasteiger partial charge in [-0.1, -0.05) is 38.0 Å². The first kappa shape index (κ1) is 26.2. The molecule has 0 radical (unpaired) electrons. The van der Waals surface area contributed by atoms with Crippen LogP contribution >= 0.6 is 0 Å². The Morgan fingerprint density at radius 3 is 1.33 bits per heavy atom. The predicted octanol–water partition coefficient (Wildman–Crippen LogP) is 6.76. The minimum absolute atomic E-state index is 0.555. The first-order valence-corrected chi connectivity index (χ1v) is 11.8. The zero-order valence-electron chi connectivity index (χ0n) is 20.3. The van der Waals surface area contributed by atoms with Crippen molar-refractivity contribution in [2.45, 2.75) is 59.8 Å². The lowest BCUT2D eigenvalue weighted by Gasteiger charge is -2.10. The van der Waals surface area contributed by atoms with Crippen LogP contribution < -0.4 is 9.47 Å². The molecule has 0 atom stereocenters. The van der Waals surface area contributed by atoms with Crippen molar-refractivity contribution in [3.8, 4) is 11.5 Å². The summed E-state index contributed by atoms with van der Waals surface area (Å²) in [6, 6.07) is 15.2. The molecule has 6 nitrogen and oxygen atoms in total. The number of benzene rings is 2. The molecule has 33 heavy (non-hydrogen) atoms. The number of ether oxygens (including phenoxy) is 2. The van der Waals surface area contributed by atoms with Crippen LogP contribution in [0.15, 0.2) is 58.8 Å². The summed E-state index contributed by atoms with van der Waals surface area (Å²) in [5.41, 5.74) is 2.88. The zero-order valence-corrected chi connectivity index (χ0v) is 20.3. The molecular formula is C27H38N2O4. The van der Waals surface area contributed by atoms with Gasteiger partial charge in [0, 0.05) is 0 Å². The molecule has 2 aromatic carbocycles. The van der Waals surface area contributed by atoms with Gasteiger partial charge < -0.3 is 19.9 Å². The van der Waals surface area contributed by atoms with Gasteiger partial charge in [-0.05, 0) is 104 Å². The molecule has 0 bridgehead atoms. The van der Waals surface area contributed by atoms with Crippen LogP contribution in [0.5, 0.6) is 11.5 Å². The number of oxime groups is 2. The van der Waals surface area contributed by atoms with Crippen LogP contribution in [-0.4, -0.2) is 35.1 Å². The number of hydrogen-bond acceptors (Lipinski definition) is 6. The predicted molar refractivity (Wildman–Crippen MR) is 133 cm³/mol. The van der Waals surface area contributed by atoms with E-state index in [9.17, 15) is 10.4 Å². The van der Waals surface area contributed by atoms with Crippen LogP contribution in [0.25, 0.3) is 0 Å². The first-order chi connectivity index (χ1) is 15.9. The lowest BCUT2D eigenvalue weighted by Crippen LogP contribution is -2.06. The Morgan fingerprint density at radius 1 is 0.667 bits per heavy atom. The third-order valence-electron chi connectivity index (χ3n) is 5.37. The molecule has 180 valence electrons. The highest BCUT2D eigenvalue weighted by Crippen LogP contribution is 2.18. The van der Waals surface area contributed by atoms with E-state index < -0.39 is 0 Å². The second-order valence-electron chi connectivity index (χ2n) is 9.06. The van der Waals surface area contributed by atoms with Gasteiger partial charge in [-0.25, -0.2) is 0 Å². The molecule has 0 aromatic heterocycles. The molecule has 0 fully saturated rings. The molecule has 0 amide bonds. The molecule has 0 aliphatic carbocycles. The lowest BCUT2D eigenvalue weighted by atomic mass is 10.0. The molecule has 0 saturated carbocycles. The van der Waals surface area contributed by atoms with Gasteiger partial charge in [0.15, 0.2) is 0 Å². The third kappa shape index (κ3) is 9.56. The van der Waals surface area contributed by atoms with Crippen LogP contribution in [-0.2, 0) is 0 Å². The summed E-state index contributed by atoms with van der Waals surface area (Å²) in [4.78, 5) is 0. The highest BCUT2D eigenvalue weighted by atomic mass is 16.5. The molecule has 0 aliphatic rings. The van der Waals surface area contributed by atoms with E-state index in [0.29, 0.717) is 55.7 Å². The normalized spacial score (nSPS) is 12.4. The van der Waals surface area contributed by atoms with Gasteiger partial charge in [-0.15, -0.1) is 0 Å². The number of hydrogen-bond donors (Lipinski definition) is 2. The maximum Gasteiger partial charge on any atom is 0.119 e. The van der Waals surface area contributed by atoms with Crippen LogP contribution in [0, 0.1) is 11.8 Å². The summed E-state index contributed by atoms with van der Waals surface area (Å²) >= 11 is 0. The second kappa shape index (κ2) is 14.2. The van der Waals surface area contributed by atoms with E-state index in [0.717, 1.165) is 35.5 Å². The molecule has 0 unspecified atom stereocenters. The van der Waals surface area contributed by atoms with E-state index >= 15 is 0 Å². The summed E-state index contributed by atoms with van der Waals surface area (Å²) in [5, 5.41) is 25.9. The Bertz CT molecular complexity index is 798. The van der Waals surface area contributed by atoms with Gasteiger partial charge in [0.2, 0.25) is 0 Å². The fourth-order valence-corrected chi connectivity index (χ4v) is 3.24. The summed E-state index contributed by atoms with van der Waals surface area (Å²) in [6.45, 7) is 10.0.